The van der Waals surface area contributed by atoms with E-state index in [1.807, 2.05) is 6.92 Å². The zero-order chi connectivity index (χ0) is 13.3. The SMILES string of the molecule is C=C1NC(=O)N([C@H]2CC(OC)[C@@H](CO)O2)C=C1C. The molecule has 1 saturated heterocycles. The molecule has 0 aliphatic carbocycles. The minimum Gasteiger partial charge on any atom is -0.394 e. The maximum absolute atomic E-state index is 11.9. The molecular weight excluding hydrogens is 236 g/mol. The zero-order valence-corrected chi connectivity index (χ0v) is 10.5. The Morgan fingerprint density at radius 3 is 3.00 bits per heavy atom. The Morgan fingerprint density at radius 1 is 1.72 bits per heavy atom. The predicted molar refractivity (Wildman–Crippen MR) is 64.4 cm³/mol. The highest BCUT2D eigenvalue weighted by Crippen LogP contribution is 2.27. The van der Waals surface area contributed by atoms with E-state index in [0.717, 1.165) is 5.57 Å². The third-order valence-electron chi connectivity index (χ3n) is 3.27. The molecule has 2 heterocycles. The van der Waals surface area contributed by atoms with Gasteiger partial charge in [0.1, 0.15) is 12.3 Å². The summed E-state index contributed by atoms with van der Waals surface area (Å²) >= 11 is 0. The fraction of sp³-hybridized carbons (Fsp3) is 0.583. The molecule has 2 rings (SSSR count). The van der Waals surface area contributed by atoms with Gasteiger partial charge in [-0.25, -0.2) is 4.79 Å². The highest BCUT2D eigenvalue weighted by atomic mass is 16.6. The molecule has 0 spiro atoms. The number of ether oxygens (including phenoxy) is 2. The van der Waals surface area contributed by atoms with Crippen molar-refractivity contribution in [2.24, 2.45) is 0 Å². The molecule has 0 bridgehead atoms. The summed E-state index contributed by atoms with van der Waals surface area (Å²) in [5, 5.41) is 11.9. The Morgan fingerprint density at radius 2 is 2.44 bits per heavy atom. The smallest absolute Gasteiger partial charge is 0.327 e. The third kappa shape index (κ3) is 2.27. The number of aliphatic hydroxyl groups excluding tert-OH is 1. The fourth-order valence-corrected chi connectivity index (χ4v) is 2.13. The number of aliphatic hydroxyl groups is 1. The van der Waals surface area contributed by atoms with Crippen LogP contribution in [0.25, 0.3) is 0 Å². The van der Waals surface area contributed by atoms with Crippen LogP contribution in [0.1, 0.15) is 13.3 Å². The van der Waals surface area contributed by atoms with Crippen molar-refractivity contribution in [1.82, 2.24) is 10.2 Å². The van der Waals surface area contributed by atoms with Crippen LogP contribution in [-0.2, 0) is 9.47 Å². The van der Waals surface area contributed by atoms with Crippen molar-refractivity contribution in [3.63, 3.8) is 0 Å². The Bertz CT molecular complexity index is 382. The van der Waals surface area contributed by atoms with Crippen molar-refractivity contribution in [3.8, 4) is 0 Å². The van der Waals surface area contributed by atoms with Crippen molar-refractivity contribution in [2.45, 2.75) is 31.8 Å². The van der Waals surface area contributed by atoms with Crippen LogP contribution in [0.15, 0.2) is 24.0 Å². The van der Waals surface area contributed by atoms with Crippen LogP contribution >= 0.6 is 0 Å². The molecule has 0 aromatic rings. The van der Waals surface area contributed by atoms with Crippen LogP contribution in [0.5, 0.6) is 0 Å². The van der Waals surface area contributed by atoms with Crippen molar-refractivity contribution in [2.75, 3.05) is 13.7 Å². The number of nitrogens with one attached hydrogen (secondary N) is 1. The summed E-state index contributed by atoms with van der Waals surface area (Å²) in [7, 11) is 1.57. The minimum atomic E-state index is -0.421. The quantitative estimate of drug-likeness (QED) is 0.771. The molecular formula is C12H18N2O4. The summed E-state index contributed by atoms with van der Waals surface area (Å²) in [4.78, 5) is 13.3. The molecule has 18 heavy (non-hydrogen) atoms. The number of hydrogen-bond acceptors (Lipinski definition) is 4. The van der Waals surface area contributed by atoms with E-state index in [1.54, 1.807) is 13.3 Å². The Balaban J connectivity index is 2.13. The van der Waals surface area contributed by atoms with Crippen LogP contribution < -0.4 is 5.32 Å². The molecule has 1 unspecified atom stereocenters. The van der Waals surface area contributed by atoms with Crippen LogP contribution in [-0.4, -0.2) is 48.2 Å². The second kappa shape index (κ2) is 5.09. The van der Waals surface area contributed by atoms with Gasteiger partial charge in [0.05, 0.1) is 12.7 Å². The summed E-state index contributed by atoms with van der Waals surface area (Å²) in [5.41, 5.74) is 1.47. The zero-order valence-electron chi connectivity index (χ0n) is 10.5. The van der Waals surface area contributed by atoms with Gasteiger partial charge in [-0.1, -0.05) is 6.58 Å². The van der Waals surface area contributed by atoms with Crippen LogP contribution in [0.3, 0.4) is 0 Å². The molecule has 0 saturated carbocycles. The third-order valence-corrected chi connectivity index (χ3v) is 3.27. The van der Waals surface area contributed by atoms with Gasteiger partial charge in [-0.05, 0) is 12.5 Å². The van der Waals surface area contributed by atoms with Crippen molar-refractivity contribution in [1.29, 1.82) is 0 Å². The number of rotatable bonds is 3. The lowest BCUT2D eigenvalue weighted by Crippen LogP contribution is -2.45. The number of carbonyl (C=O) groups excluding carboxylic acids is 1. The van der Waals surface area contributed by atoms with Crippen LogP contribution in [0.4, 0.5) is 4.79 Å². The molecule has 6 heteroatoms. The molecule has 2 N–H and O–H groups in total. The average molecular weight is 254 g/mol. The van der Waals surface area contributed by atoms with Gasteiger partial charge in [0, 0.05) is 25.4 Å². The summed E-state index contributed by atoms with van der Waals surface area (Å²) in [5.74, 6) is 0. The number of allylic oxidation sites excluding steroid dienone is 1. The van der Waals surface area contributed by atoms with Crippen molar-refractivity contribution >= 4 is 6.03 Å². The maximum atomic E-state index is 11.9. The number of methoxy groups -OCH3 is 1. The molecule has 2 amide bonds. The Kier molecular flexibility index (Phi) is 3.70. The number of nitrogens with zero attached hydrogens (tertiary/aromatic N) is 1. The summed E-state index contributed by atoms with van der Waals surface area (Å²) in [6.45, 7) is 5.47. The van der Waals surface area contributed by atoms with Gasteiger partial charge >= 0.3 is 6.03 Å². The largest absolute Gasteiger partial charge is 0.394 e. The number of hydrogen-bond donors (Lipinski definition) is 2. The van der Waals surface area contributed by atoms with E-state index in [4.69, 9.17) is 9.47 Å². The lowest BCUT2D eigenvalue weighted by atomic mass is 10.1. The van der Waals surface area contributed by atoms with Crippen LogP contribution in [0, 0.1) is 0 Å². The molecule has 0 aromatic carbocycles. The Labute approximate surface area is 106 Å². The van der Waals surface area contributed by atoms with E-state index < -0.39 is 12.3 Å². The van der Waals surface area contributed by atoms with E-state index in [1.165, 1.54) is 4.90 Å². The highest BCUT2D eigenvalue weighted by Gasteiger charge is 2.40. The van der Waals surface area contributed by atoms with Gasteiger partial charge < -0.3 is 19.9 Å². The van der Waals surface area contributed by atoms with Gasteiger partial charge in [-0.3, -0.25) is 4.90 Å². The molecule has 0 radical (unpaired) electrons. The van der Waals surface area contributed by atoms with Gasteiger partial charge in [0.15, 0.2) is 0 Å². The Hall–Kier alpha value is -1.37. The normalized spacial score (nSPS) is 32.5. The number of carbonyl (C=O) groups is 1. The molecule has 2 aliphatic heterocycles. The number of urea groups is 1. The molecule has 3 atom stereocenters. The lowest BCUT2D eigenvalue weighted by molar-refractivity contribution is -0.0599. The monoisotopic (exact) mass is 254 g/mol. The summed E-state index contributed by atoms with van der Waals surface area (Å²) < 4.78 is 10.9. The van der Waals surface area contributed by atoms with E-state index in [0.29, 0.717) is 12.1 Å². The number of amides is 2. The second-order valence-electron chi connectivity index (χ2n) is 4.45. The first kappa shape index (κ1) is 13.1. The highest BCUT2D eigenvalue weighted by molar-refractivity contribution is 5.80. The van der Waals surface area contributed by atoms with Gasteiger partial charge in [-0.15, -0.1) is 0 Å². The molecule has 2 aliphatic rings. The van der Waals surface area contributed by atoms with E-state index in [2.05, 4.69) is 11.9 Å². The summed E-state index contributed by atoms with van der Waals surface area (Å²) in [6, 6.07) is -0.274. The first-order valence-corrected chi connectivity index (χ1v) is 5.83. The van der Waals surface area contributed by atoms with Gasteiger partial charge in [0.25, 0.3) is 0 Å². The van der Waals surface area contributed by atoms with E-state index in [-0.39, 0.29) is 18.7 Å². The molecule has 1 fully saturated rings. The fourth-order valence-electron chi connectivity index (χ4n) is 2.13. The summed E-state index contributed by atoms with van der Waals surface area (Å²) in [6.07, 6.45) is 1.22. The first-order chi connectivity index (χ1) is 8.56. The van der Waals surface area contributed by atoms with Gasteiger partial charge in [-0.2, -0.15) is 0 Å². The maximum Gasteiger partial charge on any atom is 0.327 e. The predicted octanol–water partition coefficient (Wildman–Crippen LogP) is 0.551. The van der Waals surface area contributed by atoms with Gasteiger partial charge in [0.2, 0.25) is 0 Å². The first-order valence-electron chi connectivity index (χ1n) is 5.83. The topological polar surface area (TPSA) is 71.0 Å². The minimum absolute atomic E-state index is 0.125. The van der Waals surface area contributed by atoms with E-state index >= 15 is 0 Å². The average Bonchev–Trinajstić information content (AvgIpc) is 2.76. The van der Waals surface area contributed by atoms with E-state index in [9.17, 15) is 9.90 Å². The standard InChI is InChI=1S/C12H18N2O4/c1-7-5-14(12(16)13-8(7)2)11-4-9(17-3)10(6-15)18-11/h5,9-11,15H,2,4,6H2,1,3H3,(H,13,16)/t9?,10-,11-/m1/s1. The molecule has 100 valence electrons. The van der Waals surface area contributed by atoms with Crippen molar-refractivity contribution in [3.05, 3.63) is 24.0 Å². The lowest BCUT2D eigenvalue weighted by Gasteiger charge is -2.30. The van der Waals surface area contributed by atoms with Crippen molar-refractivity contribution < 1.29 is 19.4 Å². The molecule has 6 nitrogen and oxygen atoms in total. The second-order valence-corrected chi connectivity index (χ2v) is 4.45. The molecule has 0 aromatic heterocycles. The van der Waals surface area contributed by atoms with Crippen LogP contribution in [0.2, 0.25) is 0 Å².